The molecule has 0 radical (unpaired) electrons. The van der Waals surface area contributed by atoms with Crippen LogP contribution in [0.3, 0.4) is 0 Å². The lowest BCUT2D eigenvalue weighted by Gasteiger charge is -2.23. The third-order valence-corrected chi connectivity index (χ3v) is 6.21. The number of nitrogens with one attached hydrogen (secondary N) is 1. The molecule has 0 unspecified atom stereocenters. The molecular formula is C15H17FN2O4S2. The summed E-state index contributed by atoms with van der Waals surface area (Å²) in [4.78, 5) is 12.0. The minimum Gasteiger partial charge on any atom is -0.383 e. The molecule has 6 nitrogen and oxygen atoms in total. The number of methoxy groups -OCH3 is 1. The van der Waals surface area contributed by atoms with Crippen LogP contribution < -0.4 is 9.62 Å². The lowest BCUT2D eigenvalue weighted by molar-refractivity contribution is -0.119. The third kappa shape index (κ3) is 4.31. The number of benzene rings is 1. The Hall–Kier alpha value is -1.97. The van der Waals surface area contributed by atoms with Crippen LogP contribution in [-0.4, -0.2) is 41.1 Å². The van der Waals surface area contributed by atoms with E-state index in [1.54, 1.807) is 11.4 Å². The van der Waals surface area contributed by atoms with Gasteiger partial charge in [-0.15, -0.1) is 11.3 Å². The largest absolute Gasteiger partial charge is 0.383 e. The van der Waals surface area contributed by atoms with Crippen LogP contribution >= 0.6 is 11.3 Å². The maximum Gasteiger partial charge on any atom is 0.274 e. The van der Waals surface area contributed by atoms with Crippen molar-refractivity contribution in [3.05, 3.63) is 47.6 Å². The van der Waals surface area contributed by atoms with Crippen LogP contribution in [0.15, 0.2) is 46.0 Å². The van der Waals surface area contributed by atoms with E-state index in [0.717, 1.165) is 21.7 Å². The van der Waals surface area contributed by atoms with Crippen molar-refractivity contribution in [1.29, 1.82) is 0 Å². The number of amides is 1. The lowest BCUT2D eigenvalue weighted by atomic mass is 10.3. The molecule has 130 valence electrons. The quantitative estimate of drug-likeness (QED) is 0.718. The van der Waals surface area contributed by atoms with Gasteiger partial charge in [0.15, 0.2) is 0 Å². The molecule has 0 fully saturated rings. The molecule has 1 amide bonds. The zero-order chi connectivity index (χ0) is 17.6. The van der Waals surface area contributed by atoms with Crippen molar-refractivity contribution >= 4 is 33.0 Å². The summed E-state index contributed by atoms with van der Waals surface area (Å²) < 4.78 is 45.3. The summed E-state index contributed by atoms with van der Waals surface area (Å²) in [5.74, 6) is -1.27. The summed E-state index contributed by atoms with van der Waals surface area (Å²) in [5.41, 5.74) is -0.173. The summed E-state index contributed by atoms with van der Waals surface area (Å²) in [6.07, 6.45) is 0. The summed E-state index contributed by atoms with van der Waals surface area (Å²) >= 11 is 1.00. The van der Waals surface area contributed by atoms with Crippen molar-refractivity contribution < 1.29 is 22.3 Å². The molecule has 0 aliphatic heterocycles. The van der Waals surface area contributed by atoms with Gasteiger partial charge in [-0.2, -0.15) is 0 Å². The van der Waals surface area contributed by atoms with Crippen LogP contribution in [0.25, 0.3) is 0 Å². The van der Waals surface area contributed by atoms with Gasteiger partial charge in [0.25, 0.3) is 10.0 Å². The molecule has 0 aliphatic rings. The molecule has 0 bridgehead atoms. The molecule has 24 heavy (non-hydrogen) atoms. The van der Waals surface area contributed by atoms with E-state index in [9.17, 15) is 17.6 Å². The number of thiophene rings is 1. The number of ether oxygens (including phenoxy) is 1. The van der Waals surface area contributed by atoms with Crippen LogP contribution in [0.1, 0.15) is 0 Å². The number of halogens is 1. The average Bonchev–Trinajstić information content (AvgIpc) is 3.09. The van der Waals surface area contributed by atoms with Crippen LogP contribution in [0, 0.1) is 5.82 Å². The number of para-hydroxylation sites is 1. The summed E-state index contributed by atoms with van der Waals surface area (Å²) in [5, 5.41) is 4.13. The van der Waals surface area contributed by atoms with Crippen molar-refractivity contribution in [3.63, 3.8) is 0 Å². The molecule has 0 aliphatic carbocycles. The van der Waals surface area contributed by atoms with Crippen LogP contribution in [0.4, 0.5) is 10.1 Å². The highest BCUT2D eigenvalue weighted by Gasteiger charge is 2.29. The fraction of sp³-hybridized carbons (Fsp3) is 0.267. The lowest BCUT2D eigenvalue weighted by Crippen LogP contribution is -2.41. The summed E-state index contributed by atoms with van der Waals surface area (Å²) in [7, 11) is -2.55. The number of carbonyl (C=O) groups is 1. The van der Waals surface area contributed by atoms with Gasteiger partial charge in [0, 0.05) is 13.7 Å². The molecule has 0 atom stereocenters. The Bertz CT molecular complexity index is 779. The van der Waals surface area contributed by atoms with Gasteiger partial charge in [-0.1, -0.05) is 18.2 Å². The molecular weight excluding hydrogens is 355 g/mol. The van der Waals surface area contributed by atoms with Crippen LogP contribution in [-0.2, 0) is 19.6 Å². The Morgan fingerprint density at radius 1 is 1.29 bits per heavy atom. The molecule has 9 heteroatoms. The average molecular weight is 372 g/mol. The number of carbonyl (C=O) groups excluding carboxylic acids is 1. The predicted molar refractivity (Wildman–Crippen MR) is 90.1 cm³/mol. The van der Waals surface area contributed by atoms with E-state index in [1.807, 2.05) is 0 Å². The topological polar surface area (TPSA) is 75.7 Å². The molecule has 2 rings (SSSR count). The van der Waals surface area contributed by atoms with Gasteiger partial charge < -0.3 is 10.1 Å². The Labute approximate surface area is 143 Å². The number of hydrogen-bond acceptors (Lipinski definition) is 5. The standard InChI is InChI=1S/C15H17FN2O4S2/c1-22-9-8-17-14(19)11-18(13-6-3-2-5-12(13)16)24(20,21)15-7-4-10-23-15/h2-7,10H,8-9,11H2,1H3,(H,17,19). The predicted octanol–water partition coefficient (Wildman–Crippen LogP) is 1.85. The first-order valence-electron chi connectivity index (χ1n) is 7.03. The van der Waals surface area contributed by atoms with Crippen LogP contribution in [0.2, 0.25) is 0 Å². The molecule has 0 saturated heterocycles. The van der Waals surface area contributed by atoms with E-state index in [1.165, 1.54) is 31.4 Å². The van der Waals surface area contributed by atoms with E-state index < -0.39 is 28.3 Å². The zero-order valence-corrected chi connectivity index (χ0v) is 14.6. The first-order valence-corrected chi connectivity index (χ1v) is 9.35. The highest BCUT2D eigenvalue weighted by molar-refractivity contribution is 7.94. The molecule has 2 aromatic rings. The van der Waals surface area contributed by atoms with Gasteiger partial charge >= 0.3 is 0 Å². The van der Waals surface area contributed by atoms with Gasteiger partial charge in [0.2, 0.25) is 5.91 Å². The van der Waals surface area contributed by atoms with E-state index >= 15 is 0 Å². The van der Waals surface area contributed by atoms with E-state index in [4.69, 9.17) is 4.74 Å². The van der Waals surface area contributed by atoms with Gasteiger partial charge in [0.05, 0.1) is 12.3 Å². The maximum atomic E-state index is 14.1. The van der Waals surface area contributed by atoms with Crippen LogP contribution in [0.5, 0.6) is 0 Å². The smallest absolute Gasteiger partial charge is 0.274 e. The molecule has 1 heterocycles. The molecule has 0 saturated carbocycles. The normalized spacial score (nSPS) is 11.2. The van der Waals surface area contributed by atoms with E-state index in [0.29, 0.717) is 6.61 Å². The van der Waals surface area contributed by atoms with Crippen molar-refractivity contribution in [2.45, 2.75) is 4.21 Å². The Morgan fingerprint density at radius 2 is 2.04 bits per heavy atom. The van der Waals surface area contributed by atoms with Crippen molar-refractivity contribution in [2.24, 2.45) is 0 Å². The number of hydrogen-bond donors (Lipinski definition) is 1. The molecule has 1 aromatic heterocycles. The maximum absolute atomic E-state index is 14.1. The number of rotatable bonds is 8. The fourth-order valence-corrected chi connectivity index (χ4v) is 4.48. The SMILES string of the molecule is COCCNC(=O)CN(c1ccccc1F)S(=O)(=O)c1cccs1. The summed E-state index contributed by atoms with van der Waals surface area (Å²) in [6, 6.07) is 8.43. The minimum absolute atomic E-state index is 0.0374. The second-order valence-corrected chi connectivity index (χ2v) is 7.77. The first-order chi connectivity index (χ1) is 11.5. The minimum atomic E-state index is -4.04. The Kier molecular flexibility index (Phi) is 6.29. The Morgan fingerprint density at radius 3 is 2.67 bits per heavy atom. The second kappa shape index (κ2) is 8.22. The number of sulfonamides is 1. The molecule has 0 spiro atoms. The number of anilines is 1. The number of nitrogens with zero attached hydrogens (tertiary/aromatic N) is 1. The third-order valence-electron chi connectivity index (χ3n) is 3.08. The van der Waals surface area contributed by atoms with Crippen molar-refractivity contribution in [1.82, 2.24) is 5.32 Å². The zero-order valence-electron chi connectivity index (χ0n) is 12.9. The Balaban J connectivity index is 2.33. The second-order valence-electron chi connectivity index (χ2n) is 4.74. The highest BCUT2D eigenvalue weighted by Crippen LogP contribution is 2.28. The van der Waals surface area contributed by atoms with Gasteiger partial charge in [0.1, 0.15) is 16.6 Å². The van der Waals surface area contributed by atoms with Gasteiger partial charge in [-0.05, 0) is 23.6 Å². The molecule has 1 aromatic carbocycles. The van der Waals surface area contributed by atoms with Crippen molar-refractivity contribution in [3.8, 4) is 0 Å². The first kappa shape index (κ1) is 18.4. The van der Waals surface area contributed by atoms with Crippen molar-refractivity contribution in [2.75, 3.05) is 31.1 Å². The highest BCUT2D eigenvalue weighted by atomic mass is 32.2. The van der Waals surface area contributed by atoms with E-state index in [2.05, 4.69) is 5.32 Å². The fourth-order valence-electron chi connectivity index (χ4n) is 1.95. The van der Waals surface area contributed by atoms with Gasteiger partial charge in [-0.25, -0.2) is 12.8 Å². The molecule has 1 N–H and O–H groups in total. The van der Waals surface area contributed by atoms with E-state index in [-0.39, 0.29) is 16.4 Å². The van der Waals surface area contributed by atoms with Gasteiger partial charge in [-0.3, -0.25) is 9.10 Å². The summed E-state index contributed by atoms with van der Waals surface area (Å²) in [6.45, 7) is 0.00743. The monoisotopic (exact) mass is 372 g/mol.